The molecule has 182 valence electrons. The van der Waals surface area contributed by atoms with Gasteiger partial charge in [-0.2, -0.15) is 4.37 Å². The molecule has 0 bridgehead atoms. The number of amides is 3. The predicted molar refractivity (Wildman–Crippen MR) is 125 cm³/mol. The normalized spacial score (nSPS) is 19.6. The molecule has 13 nitrogen and oxygen atoms in total. The molecule has 2 atom stereocenters. The Morgan fingerprint density at radius 3 is 2.66 bits per heavy atom. The molecule has 0 aliphatic carbocycles. The molecule has 2 aromatic rings. The number of carboxylic acids is 1. The second-order valence-electron chi connectivity index (χ2n) is 7.48. The molecule has 4 rings (SSSR count). The third-order valence-corrected chi connectivity index (χ3v) is 7.21. The van der Waals surface area contributed by atoms with Crippen molar-refractivity contribution in [2.75, 3.05) is 18.6 Å². The number of carbonyl (C=O) groups is 4. The number of thioether (sulfide) groups is 1. The zero-order valence-corrected chi connectivity index (χ0v) is 19.8. The summed E-state index contributed by atoms with van der Waals surface area (Å²) in [5.41, 5.74) is 11.7. The van der Waals surface area contributed by atoms with Gasteiger partial charge in [0.25, 0.3) is 11.8 Å². The van der Waals surface area contributed by atoms with Crippen LogP contribution in [0, 0.1) is 0 Å². The topological polar surface area (TPSA) is 194 Å². The molecule has 0 radical (unpaired) electrons. The number of nitrogen functional groups attached to an aromatic ring is 1. The molecule has 0 aromatic carbocycles. The van der Waals surface area contributed by atoms with Crippen LogP contribution in [0.2, 0.25) is 0 Å². The van der Waals surface area contributed by atoms with Gasteiger partial charge in [-0.15, -0.1) is 11.8 Å². The Morgan fingerprint density at radius 1 is 1.37 bits per heavy atom. The van der Waals surface area contributed by atoms with E-state index in [0.717, 1.165) is 11.5 Å². The Kier molecular flexibility index (Phi) is 6.70. The van der Waals surface area contributed by atoms with Gasteiger partial charge in [0.1, 0.15) is 34.9 Å². The number of nitrogens with two attached hydrogens (primary N) is 2. The fourth-order valence-corrected chi connectivity index (χ4v) is 5.50. The summed E-state index contributed by atoms with van der Waals surface area (Å²) in [5.74, 6) is -2.77. The van der Waals surface area contributed by atoms with Gasteiger partial charge in [0.15, 0.2) is 24.7 Å². The highest BCUT2D eigenvalue weighted by atomic mass is 32.2. The number of aromatic nitrogens is 2. The van der Waals surface area contributed by atoms with Crippen molar-refractivity contribution in [2.24, 2.45) is 10.9 Å². The van der Waals surface area contributed by atoms with Gasteiger partial charge in [-0.05, 0) is 11.5 Å². The van der Waals surface area contributed by atoms with Crippen molar-refractivity contribution >= 4 is 57.7 Å². The lowest BCUT2D eigenvalue weighted by molar-refractivity contribution is -0.689. The van der Waals surface area contributed by atoms with Crippen LogP contribution >= 0.6 is 23.3 Å². The maximum absolute atomic E-state index is 12.9. The summed E-state index contributed by atoms with van der Waals surface area (Å²) in [7, 11) is 1.27. The number of aliphatic carboxylic acids is 1. The number of nitrogens with one attached hydrogen (secondary N) is 1. The number of fused-ring (bicyclic) bond motifs is 1. The first kappa shape index (κ1) is 24.2. The summed E-state index contributed by atoms with van der Waals surface area (Å²) in [4.78, 5) is 55.0. The average Bonchev–Trinajstić information content (AvgIpc) is 3.26. The van der Waals surface area contributed by atoms with E-state index in [1.54, 1.807) is 17.0 Å². The van der Waals surface area contributed by atoms with E-state index in [0.29, 0.717) is 21.9 Å². The summed E-state index contributed by atoms with van der Waals surface area (Å²) in [5, 5.41) is 15.9. The fraction of sp³-hybridized carbons (Fsp3) is 0.250. The van der Waals surface area contributed by atoms with Crippen LogP contribution in [0.15, 0.2) is 47.0 Å². The Labute approximate surface area is 206 Å². The zero-order chi connectivity index (χ0) is 25.3. The quantitative estimate of drug-likeness (QED) is 0.145. The summed E-state index contributed by atoms with van der Waals surface area (Å²) in [6.45, 7) is 0.192. The maximum atomic E-state index is 12.9. The molecule has 1 fully saturated rings. The molecule has 2 aliphatic heterocycles. The van der Waals surface area contributed by atoms with Crippen molar-refractivity contribution in [3.05, 3.63) is 53.1 Å². The van der Waals surface area contributed by atoms with E-state index in [-0.39, 0.29) is 23.6 Å². The van der Waals surface area contributed by atoms with E-state index in [4.69, 9.17) is 16.3 Å². The second kappa shape index (κ2) is 9.71. The Hall–Kier alpha value is -3.98. The van der Waals surface area contributed by atoms with Crippen LogP contribution < -0.4 is 21.4 Å². The van der Waals surface area contributed by atoms with E-state index >= 15 is 0 Å². The standard InChI is InChI=1S/C20H19N7O6S2/c1-33-24-13(11-6-12(21)35-25-11)17(29)23-14-18(30)27-15(20(31)32)10(8-34-19(14)27)7-26-4-2-9(3-5-26)16(22)28/h2-6,14,19H,7-8H2,1H3,(H5-,21,22,23,25,28,29,31,32)/p+1/b24-13-/t14-,19+/m1/s1. The minimum absolute atomic E-state index is 0.131. The Bertz CT molecular complexity index is 1270. The number of hydrogen-bond acceptors (Lipinski definition) is 10. The summed E-state index contributed by atoms with van der Waals surface area (Å²) < 4.78 is 5.72. The van der Waals surface area contributed by atoms with Gasteiger partial charge in [0, 0.05) is 29.5 Å². The number of hydrogen-bond donors (Lipinski definition) is 4. The van der Waals surface area contributed by atoms with Crippen molar-refractivity contribution in [3.8, 4) is 0 Å². The highest BCUT2D eigenvalue weighted by molar-refractivity contribution is 8.00. The number of oxime groups is 1. The van der Waals surface area contributed by atoms with Gasteiger partial charge in [-0.3, -0.25) is 19.3 Å². The highest BCUT2D eigenvalue weighted by Crippen LogP contribution is 2.40. The number of anilines is 1. The van der Waals surface area contributed by atoms with Crippen LogP contribution in [0.5, 0.6) is 0 Å². The molecule has 0 saturated carbocycles. The van der Waals surface area contributed by atoms with Gasteiger partial charge < -0.3 is 26.7 Å². The van der Waals surface area contributed by atoms with Gasteiger partial charge in [-0.1, -0.05) is 5.16 Å². The van der Waals surface area contributed by atoms with Crippen LogP contribution in [-0.2, 0) is 25.8 Å². The summed E-state index contributed by atoms with van der Waals surface area (Å²) in [6.07, 6.45) is 3.21. The van der Waals surface area contributed by atoms with Gasteiger partial charge in [0.05, 0.1) is 5.56 Å². The zero-order valence-electron chi connectivity index (χ0n) is 18.2. The van der Waals surface area contributed by atoms with E-state index in [9.17, 15) is 24.3 Å². The van der Waals surface area contributed by atoms with Crippen molar-refractivity contribution in [1.29, 1.82) is 0 Å². The minimum Gasteiger partial charge on any atom is -0.477 e. The first-order valence-corrected chi connectivity index (χ1v) is 11.9. The maximum Gasteiger partial charge on any atom is 0.352 e. The van der Waals surface area contributed by atoms with Crippen LogP contribution in [-0.4, -0.2) is 68.1 Å². The molecule has 0 unspecified atom stereocenters. The van der Waals surface area contributed by atoms with Crippen LogP contribution in [0.25, 0.3) is 0 Å². The largest absolute Gasteiger partial charge is 0.477 e. The third-order valence-electron chi connectivity index (χ3n) is 5.25. The van der Waals surface area contributed by atoms with E-state index in [1.807, 2.05) is 0 Å². The van der Waals surface area contributed by atoms with Crippen LogP contribution in [0.4, 0.5) is 5.00 Å². The van der Waals surface area contributed by atoms with Crippen LogP contribution in [0.3, 0.4) is 0 Å². The summed E-state index contributed by atoms with van der Waals surface area (Å²) >= 11 is 2.30. The lowest BCUT2D eigenvalue weighted by atomic mass is 10.0. The number of nitrogens with zero attached hydrogens (tertiary/aromatic N) is 4. The van der Waals surface area contributed by atoms with E-state index in [2.05, 4.69) is 14.8 Å². The molecule has 2 aromatic heterocycles. The number of pyridine rings is 1. The number of primary amides is 1. The molecule has 2 aliphatic rings. The Morgan fingerprint density at radius 2 is 2.09 bits per heavy atom. The van der Waals surface area contributed by atoms with Crippen molar-refractivity contribution in [3.63, 3.8) is 0 Å². The molecule has 1 saturated heterocycles. The van der Waals surface area contributed by atoms with E-state index in [1.165, 1.54) is 42.0 Å². The minimum atomic E-state index is -1.25. The molecular formula is C20H20N7O6S2+. The van der Waals surface area contributed by atoms with E-state index < -0.39 is 35.1 Å². The number of β-lactam (4-membered cyclic amide) rings is 1. The Balaban J connectivity index is 1.52. The highest BCUT2D eigenvalue weighted by Gasteiger charge is 2.54. The monoisotopic (exact) mass is 518 g/mol. The molecule has 3 amide bonds. The summed E-state index contributed by atoms with van der Waals surface area (Å²) in [6, 6.07) is 3.55. The number of carbonyl (C=O) groups excluding carboxylic acids is 3. The third kappa shape index (κ3) is 4.67. The first-order chi connectivity index (χ1) is 16.7. The van der Waals surface area contributed by atoms with Crippen molar-refractivity contribution < 1.29 is 33.7 Å². The fourth-order valence-electron chi connectivity index (χ4n) is 3.66. The first-order valence-electron chi connectivity index (χ1n) is 10.0. The van der Waals surface area contributed by atoms with Crippen LogP contribution in [0.1, 0.15) is 16.1 Å². The van der Waals surface area contributed by atoms with Crippen molar-refractivity contribution in [2.45, 2.75) is 18.0 Å². The lowest BCUT2D eigenvalue weighted by Crippen LogP contribution is -2.71. The number of rotatable bonds is 8. The molecule has 15 heteroatoms. The molecule has 35 heavy (non-hydrogen) atoms. The smallest absolute Gasteiger partial charge is 0.352 e. The second-order valence-corrected chi connectivity index (χ2v) is 9.42. The molecule has 4 heterocycles. The number of carboxylic acid groups (broad SMARTS) is 1. The van der Waals surface area contributed by atoms with Gasteiger partial charge in [0.2, 0.25) is 5.91 Å². The lowest BCUT2D eigenvalue weighted by Gasteiger charge is -2.49. The molecule has 0 spiro atoms. The molecule has 6 N–H and O–H groups in total. The van der Waals surface area contributed by atoms with Gasteiger partial charge in [-0.25, -0.2) is 9.36 Å². The molecular weight excluding hydrogens is 498 g/mol. The predicted octanol–water partition coefficient (Wildman–Crippen LogP) is -1.10. The van der Waals surface area contributed by atoms with Crippen molar-refractivity contribution in [1.82, 2.24) is 14.6 Å². The van der Waals surface area contributed by atoms with Gasteiger partial charge >= 0.3 is 5.97 Å². The SMILES string of the molecule is CO/N=C(\C(=O)N[C@@H]1C(=O)N2C(C(=O)O)=C(C[n+]3ccc(C(N)=O)cc3)CS[C@@H]12)c1cc(N)sn1. The average molecular weight is 519 g/mol.